The molecule has 1 aliphatic carbocycles. The number of methoxy groups -OCH3 is 1. The third kappa shape index (κ3) is 6.70. The highest BCUT2D eigenvalue weighted by Crippen LogP contribution is 2.49. The number of carbonyl (C=O) groups is 3. The first kappa shape index (κ1) is 35.7. The van der Waals surface area contributed by atoms with E-state index in [0.29, 0.717) is 40.1 Å². The molecule has 0 spiro atoms. The Morgan fingerprint density at radius 1 is 0.870 bits per heavy atom. The van der Waals surface area contributed by atoms with Crippen LogP contribution >= 0.6 is 0 Å². The number of anilines is 2. The van der Waals surface area contributed by atoms with Crippen molar-refractivity contribution in [2.45, 2.75) is 19.4 Å². The molecule has 0 unspecified atom stereocenters. The average Bonchev–Trinajstić information content (AvgIpc) is 3.93. The highest BCUT2D eigenvalue weighted by Gasteiger charge is 2.57. The molecule has 0 atom stereocenters. The number of primary amides is 1. The predicted molar refractivity (Wildman–Crippen MR) is 195 cm³/mol. The Hall–Kier alpha value is -6.67. The lowest BCUT2D eigenvalue weighted by Gasteiger charge is -2.26. The van der Waals surface area contributed by atoms with Crippen LogP contribution in [0.15, 0.2) is 103 Å². The van der Waals surface area contributed by atoms with Crippen molar-refractivity contribution in [1.29, 1.82) is 0 Å². The maximum Gasteiger partial charge on any atom is 0.277 e. The summed E-state index contributed by atoms with van der Waals surface area (Å²) in [5, 5.41) is 6.49. The summed E-state index contributed by atoms with van der Waals surface area (Å²) in [6.45, 7) is 0.329. The van der Waals surface area contributed by atoms with Gasteiger partial charge in [0, 0.05) is 36.1 Å². The number of benzene rings is 4. The molecule has 274 valence electrons. The molecule has 2 N–H and O–H groups in total. The van der Waals surface area contributed by atoms with Crippen molar-refractivity contribution in [3.8, 4) is 28.5 Å². The number of pyridine rings is 1. The molecule has 2 aromatic heterocycles. The van der Waals surface area contributed by atoms with Gasteiger partial charge in [0.05, 0.1) is 31.8 Å². The zero-order valence-electron chi connectivity index (χ0n) is 29.5. The fraction of sp³-hybridized carbons (Fsp3) is 0.175. The minimum Gasteiger partial charge on any atom is -0.497 e. The highest BCUT2D eigenvalue weighted by atomic mass is 19.1. The van der Waals surface area contributed by atoms with Gasteiger partial charge in [-0.15, -0.1) is 0 Å². The zero-order valence-corrected chi connectivity index (χ0v) is 29.5. The molecule has 4 aromatic carbocycles. The first-order chi connectivity index (χ1) is 26.0. The molecule has 3 amide bonds. The Kier molecular flexibility index (Phi) is 9.52. The summed E-state index contributed by atoms with van der Waals surface area (Å²) in [7, 11) is 4.49. The number of hydrogen-bond acceptors (Lipinski definition) is 8. The van der Waals surface area contributed by atoms with Crippen LogP contribution in [0.2, 0.25) is 0 Å². The number of ether oxygens (including phenoxy) is 2. The van der Waals surface area contributed by atoms with Gasteiger partial charge in [-0.3, -0.25) is 24.1 Å². The van der Waals surface area contributed by atoms with Gasteiger partial charge in [0.2, 0.25) is 11.8 Å². The largest absolute Gasteiger partial charge is 0.497 e. The Balaban J connectivity index is 1.28. The lowest BCUT2D eigenvalue weighted by atomic mass is 10.0. The molecule has 14 heteroatoms. The monoisotopic (exact) mass is 732 g/mol. The van der Waals surface area contributed by atoms with E-state index < -0.39 is 28.9 Å². The van der Waals surface area contributed by atoms with E-state index in [1.807, 2.05) is 24.3 Å². The fourth-order valence-corrected chi connectivity index (χ4v) is 6.12. The van der Waals surface area contributed by atoms with Crippen LogP contribution in [-0.2, 0) is 21.0 Å². The highest BCUT2D eigenvalue weighted by molar-refractivity contribution is 6.16. The SMILES string of the molecule is COc1ccc(Cn2nc(-c3ccc(C(=O)N(C)OC)cc3)c3c(Oc4ccc(N(C(=O)C5(C(N)=O)CC5)c5ccc(F)cc5)cc4F)ccnc32)cc1. The number of nitrogens with zero attached hydrogens (tertiary/aromatic N) is 5. The molecule has 1 fully saturated rings. The lowest BCUT2D eigenvalue weighted by Crippen LogP contribution is -2.41. The average molecular weight is 733 g/mol. The summed E-state index contributed by atoms with van der Waals surface area (Å²) in [4.78, 5) is 49.6. The van der Waals surface area contributed by atoms with Crippen molar-refractivity contribution >= 4 is 40.1 Å². The molecular formula is C40H34F2N6O6. The van der Waals surface area contributed by atoms with E-state index in [1.54, 1.807) is 42.1 Å². The van der Waals surface area contributed by atoms with Crippen LogP contribution in [0.3, 0.4) is 0 Å². The molecule has 0 aliphatic heterocycles. The molecule has 6 aromatic rings. The zero-order chi connectivity index (χ0) is 38.1. The van der Waals surface area contributed by atoms with E-state index in [2.05, 4.69) is 4.98 Å². The third-order valence-electron chi connectivity index (χ3n) is 9.36. The maximum atomic E-state index is 16.1. The molecule has 0 radical (unpaired) electrons. The molecule has 1 aliphatic rings. The van der Waals surface area contributed by atoms with E-state index in [0.717, 1.165) is 33.7 Å². The third-order valence-corrected chi connectivity index (χ3v) is 9.36. The molecular weight excluding hydrogens is 698 g/mol. The number of rotatable bonds is 12. The lowest BCUT2D eigenvalue weighted by molar-refractivity contribution is -0.133. The number of hydrogen-bond donors (Lipinski definition) is 1. The van der Waals surface area contributed by atoms with Crippen LogP contribution in [0.4, 0.5) is 20.2 Å². The second-order valence-corrected chi connectivity index (χ2v) is 12.7. The van der Waals surface area contributed by atoms with Gasteiger partial charge in [-0.2, -0.15) is 5.10 Å². The van der Waals surface area contributed by atoms with E-state index >= 15 is 4.39 Å². The fourth-order valence-electron chi connectivity index (χ4n) is 6.12. The second-order valence-electron chi connectivity index (χ2n) is 12.7. The standard InChI is InChI=1S/C40H34F2N6O6/c1-46(53-3)37(49)26-8-6-25(7-9-26)35-34-33(18-21-44-36(34)47(45-35)23-24-4-15-30(52-2)16-5-24)54-32-17-14-29(22-31(32)42)48(28-12-10-27(41)11-13-28)39(51)40(19-20-40)38(43)50/h4-18,21-22H,19-20,23H2,1-3H3,(H2,43,50). The van der Waals surface area contributed by atoms with Crippen molar-refractivity contribution in [3.63, 3.8) is 0 Å². The quantitative estimate of drug-likeness (QED) is 0.107. The van der Waals surface area contributed by atoms with E-state index in [9.17, 15) is 18.8 Å². The van der Waals surface area contributed by atoms with Crippen LogP contribution in [0.1, 0.15) is 28.8 Å². The van der Waals surface area contributed by atoms with Crippen LogP contribution in [-0.4, -0.2) is 58.8 Å². The number of halogens is 2. The van der Waals surface area contributed by atoms with Gasteiger partial charge in [-0.05, 0) is 85.1 Å². The summed E-state index contributed by atoms with van der Waals surface area (Å²) < 4.78 is 43.2. The van der Waals surface area contributed by atoms with Crippen LogP contribution in [0.5, 0.6) is 17.2 Å². The first-order valence-electron chi connectivity index (χ1n) is 16.8. The summed E-state index contributed by atoms with van der Waals surface area (Å²) in [5.41, 5.74) is 7.34. The number of aromatic nitrogens is 3. The number of carbonyl (C=O) groups excluding carboxylic acids is 3. The van der Waals surface area contributed by atoms with Gasteiger partial charge in [0.1, 0.15) is 28.4 Å². The normalized spacial score (nSPS) is 13.0. The van der Waals surface area contributed by atoms with Crippen molar-refractivity contribution in [2.24, 2.45) is 11.1 Å². The number of nitrogens with two attached hydrogens (primary N) is 1. The second kappa shape index (κ2) is 14.4. The van der Waals surface area contributed by atoms with Gasteiger partial charge < -0.3 is 15.2 Å². The van der Waals surface area contributed by atoms with Gasteiger partial charge in [0.25, 0.3) is 5.91 Å². The van der Waals surface area contributed by atoms with Crippen LogP contribution < -0.4 is 20.1 Å². The minimum atomic E-state index is -1.43. The van der Waals surface area contributed by atoms with Gasteiger partial charge >= 0.3 is 0 Å². The maximum absolute atomic E-state index is 16.1. The Labute approximate surface area is 308 Å². The minimum absolute atomic E-state index is 0.0885. The molecule has 7 rings (SSSR count). The van der Waals surface area contributed by atoms with Crippen molar-refractivity contribution in [2.75, 3.05) is 26.2 Å². The molecule has 54 heavy (non-hydrogen) atoms. The summed E-state index contributed by atoms with van der Waals surface area (Å²) in [5.74, 6) is -2.36. The Morgan fingerprint density at radius 3 is 2.17 bits per heavy atom. The van der Waals surface area contributed by atoms with Crippen molar-refractivity contribution in [3.05, 3.63) is 126 Å². The van der Waals surface area contributed by atoms with Gasteiger partial charge in [0.15, 0.2) is 17.2 Å². The summed E-state index contributed by atoms with van der Waals surface area (Å²) in [6, 6.07) is 24.8. The van der Waals surface area contributed by atoms with Gasteiger partial charge in [-0.25, -0.2) is 23.5 Å². The van der Waals surface area contributed by atoms with E-state index in [1.165, 1.54) is 44.6 Å². The summed E-state index contributed by atoms with van der Waals surface area (Å²) >= 11 is 0. The Morgan fingerprint density at radius 2 is 1.56 bits per heavy atom. The van der Waals surface area contributed by atoms with E-state index in [-0.39, 0.29) is 41.6 Å². The topological polar surface area (TPSA) is 142 Å². The molecule has 0 saturated heterocycles. The number of amides is 3. The van der Waals surface area contributed by atoms with Crippen molar-refractivity contribution < 1.29 is 37.5 Å². The predicted octanol–water partition coefficient (Wildman–Crippen LogP) is 6.79. The smallest absolute Gasteiger partial charge is 0.277 e. The van der Waals surface area contributed by atoms with Crippen LogP contribution in [0.25, 0.3) is 22.3 Å². The molecule has 2 heterocycles. The summed E-state index contributed by atoms with van der Waals surface area (Å²) in [6.07, 6.45) is 2.02. The number of fused-ring (bicyclic) bond motifs is 1. The molecule has 0 bridgehead atoms. The molecule has 1 saturated carbocycles. The van der Waals surface area contributed by atoms with Crippen LogP contribution in [0, 0.1) is 17.0 Å². The molecule has 12 nitrogen and oxygen atoms in total. The number of hydroxylamine groups is 2. The van der Waals surface area contributed by atoms with Gasteiger partial charge in [-0.1, -0.05) is 24.3 Å². The van der Waals surface area contributed by atoms with Crippen molar-refractivity contribution in [1.82, 2.24) is 19.8 Å². The first-order valence-corrected chi connectivity index (χ1v) is 16.8. The van der Waals surface area contributed by atoms with E-state index in [4.69, 9.17) is 25.1 Å². The Bertz CT molecular complexity index is 2380.